The summed E-state index contributed by atoms with van der Waals surface area (Å²) in [7, 11) is 0. The molecule has 1 N–H and O–H groups in total. The first-order valence-corrected chi connectivity index (χ1v) is 12.3. The van der Waals surface area contributed by atoms with Gasteiger partial charge in [-0.1, -0.05) is 18.2 Å². The Kier molecular flexibility index (Phi) is 6.62. The second-order valence-electron chi connectivity index (χ2n) is 8.65. The molecule has 0 spiro atoms. The predicted octanol–water partition coefficient (Wildman–Crippen LogP) is 4.00. The highest BCUT2D eigenvalue weighted by molar-refractivity contribution is 8.18. The first-order valence-electron chi connectivity index (χ1n) is 11.5. The van der Waals surface area contributed by atoms with Crippen molar-refractivity contribution < 1.29 is 33.4 Å². The molecule has 0 radical (unpaired) electrons. The Hall–Kier alpha value is -4.25. The summed E-state index contributed by atoms with van der Waals surface area (Å²) in [6.07, 6.45) is 3.01. The van der Waals surface area contributed by atoms with E-state index in [9.17, 15) is 19.2 Å². The zero-order valence-electron chi connectivity index (χ0n) is 20.1. The zero-order chi connectivity index (χ0) is 26.1. The number of hydrogen-bond acceptors (Lipinski definition) is 8. The van der Waals surface area contributed by atoms with Crippen molar-refractivity contribution in [3.05, 3.63) is 59.1 Å². The SMILES string of the molecule is CC(C)OC(=O)CN1C(=O)S/C(=C/c2cn(CC(=O)Nc3ccc4c(c3)OCO4)c3ccccc23)C1=O. The second kappa shape index (κ2) is 10.0. The molecule has 3 amide bonds. The lowest BCUT2D eigenvalue weighted by Crippen LogP contribution is -2.35. The molecule has 37 heavy (non-hydrogen) atoms. The third-order valence-corrected chi connectivity index (χ3v) is 6.51. The van der Waals surface area contributed by atoms with Crippen LogP contribution in [-0.4, -0.2) is 51.9 Å². The quantitative estimate of drug-likeness (QED) is 0.366. The Balaban J connectivity index is 1.35. The van der Waals surface area contributed by atoms with Crippen molar-refractivity contribution in [2.45, 2.75) is 26.5 Å². The number of amides is 3. The number of ether oxygens (including phenoxy) is 3. The van der Waals surface area contributed by atoms with Gasteiger partial charge in [-0.15, -0.1) is 0 Å². The van der Waals surface area contributed by atoms with Crippen molar-refractivity contribution in [3.63, 3.8) is 0 Å². The summed E-state index contributed by atoms with van der Waals surface area (Å²) in [6.45, 7) is 3.10. The molecule has 1 saturated heterocycles. The summed E-state index contributed by atoms with van der Waals surface area (Å²) in [4.78, 5) is 51.1. The van der Waals surface area contributed by atoms with Gasteiger partial charge in [-0.3, -0.25) is 24.1 Å². The maximum atomic E-state index is 12.9. The van der Waals surface area contributed by atoms with Crippen molar-refractivity contribution >= 4 is 57.5 Å². The Morgan fingerprint density at radius 2 is 1.89 bits per heavy atom. The van der Waals surface area contributed by atoms with E-state index in [1.807, 2.05) is 24.3 Å². The van der Waals surface area contributed by atoms with Crippen LogP contribution in [0.1, 0.15) is 19.4 Å². The number of carbonyl (C=O) groups excluding carboxylic acids is 4. The average molecular weight is 522 g/mol. The monoisotopic (exact) mass is 521 g/mol. The van der Waals surface area contributed by atoms with Gasteiger partial charge in [0.25, 0.3) is 11.1 Å². The molecule has 0 unspecified atom stereocenters. The molecule has 11 heteroatoms. The van der Waals surface area contributed by atoms with Crippen LogP contribution in [0.5, 0.6) is 11.5 Å². The summed E-state index contributed by atoms with van der Waals surface area (Å²) in [6, 6.07) is 12.6. The molecule has 5 rings (SSSR count). The van der Waals surface area contributed by atoms with Gasteiger partial charge in [0.2, 0.25) is 12.7 Å². The van der Waals surface area contributed by atoms with Crippen LogP contribution in [0.4, 0.5) is 10.5 Å². The number of aromatic nitrogens is 1. The molecular weight excluding hydrogens is 498 g/mol. The van der Waals surface area contributed by atoms with Crippen molar-refractivity contribution in [1.82, 2.24) is 9.47 Å². The molecule has 3 heterocycles. The molecule has 2 aliphatic rings. The van der Waals surface area contributed by atoms with E-state index in [1.165, 1.54) is 0 Å². The number of rotatable bonds is 7. The van der Waals surface area contributed by atoms with Crippen LogP contribution in [0.25, 0.3) is 17.0 Å². The maximum absolute atomic E-state index is 12.9. The van der Waals surface area contributed by atoms with Crippen molar-refractivity contribution in [1.29, 1.82) is 0 Å². The molecule has 190 valence electrons. The topological polar surface area (TPSA) is 116 Å². The van der Waals surface area contributed by atoms with Crippen LogP contribution in [-0.2, 0) is 25.7 Å². The molecule has 0 bridgehead atoms. The Morgan fingerprint density at radius 1 is 1.11 bits per heavy atom. The van der Waals surface area contributed by atoms with Crippen LogP contribution < -0.4 is 14.8 Å². The van der Waals surface area contributed by atoms with Gasteiger partial charge < -0.3 is 24.1 Å². The van der Waals surface area contributed by atoms with Gasteiger partial charge in [-0.05, 0) is 49.9 Å². The van der Waals surface area contributed by atoms with E-state index in [1.54, 1.807) is 48.9 Å². The second-order valence-corrected chi connectivity index (χ2v) is 9.65. The van der Waals surface area contributed by atoms with Gasteiger partial charge in [0.05, 0.1) is 11.0 Å². The number of imide groups is 1. The largest absolute Gasteiger partial charge is 0.462 e. The lowest BCUT2D eigenvalue weighted by atomic mass is 10.1. The molecule has 0 atom stereocenters. The normalized spacial score (nSPS) is 15.8. The summed E-state index contributed by atoms with van der Waals surface area (Å²) < 4.78 is 17.5. The number of anilines is 1. The van der Waals surface area contributed by atoms with Crippen molar-refractivity contribution in [2.75, 3.05) is 18.7 Å². The minimum atomic E-state index is -0.649. The number of esters is 1. The first-order chi connectivity index (χ1) is 17.8. The van der Waals surface area contributed by atoms with E-state index in [0.717, 1.165) is 27.6 Å². The van der Waals surface area contributed by atoms with Crippen LogP contribution in [0, 0.1) is 0 Å². The number of thioether (sulfide) groups is 1. The molecule has 0 aliphatic carbocycles. The average Bonchev–Trinajstić information content (AvgIpc) is 3.52. The Morgan fingerprint density at radius 3 is 2.70 bits per heavy atom. The number of nitrogens with one attached hydrogen (secondary N) is 1. The van der Waals surface area contributed by atoms with E-state index >= 15 is 0 Å². The summed E-state index contributed by atoms with van der Waals surface area (Å²) in [5.41, 5.74) is 2.03. The van der Waals surface area contributed by atoms with Gasteiger partial charge in [0.1, 0.15) is 13.1 Å². The van der Waals surface area contributed by atoms with Crippen LogP contribution in [0.3, 0.4) is 0 Å². The third-order valence-electron chi connectivity index (χ3n) is 5.60. The van der Waals surface area contributed by atoms with Gasteiger partial charge in [-0.2, -0.15) is 0 Å². The lowest BCUT2D eigenvalue weighted by molar-refractivity contribution is -0.149. The summed E-state index contributed by atoms with van der Waals surface area (Å²) in [5.74, 6) is -0.273. The fourth-order valence-electron chi connectivity index (χ4n) is 4.06. The Labute approximate surface area is 216 Å². The van der Waals surface area contributed by atoms with Crippen molar-refractivity contribution in [3.8, 4) is 11.5 Å². The van der Waals surface area contributed by atoms with E-state index in [-0.39, 0.29) is 30.3 Å². The van der Waals surface area contributed by atoms with E-state index < -0.39 is 23.7 Å². The van der Waals surface area contributed by atoms with Gasteiger partial charge in [0.15, 0.2) is 11.5 Å². The number of fused-ring (bicyclic) bond motifs is 2. The highest BCUT2D eigenvalue weighted by Crippen LogP contribution is 2.35. The van der Waals surface area contributed by atoms with Gasteiger partial charge >= 0.3 is 5.97 Å². The molecule has 1 aromatic heterocycles. The maximum Gasteiger partial charge on any atom is 0.326 e. The molecule has 1 fully saturated rings. The number of carbonyl (C=O) groups is 4. The minimum absolute atomic E-state index is 0.0192. The highest BCUT2D eigenvalue weighted by Gasteiger charge is 2.37. The third kappa shape index (κ3) is 5.17. The molecule has 2 aliphatic heterocycles. The van der Waals surface area contributed by atoms with E-state index in [2.05, 4.69) is 5.32 Å². The molecule has 3 aromatic rings. The standard InChI is InChI=1S/C26H23N3O7S/c1-15(2)36-24(31)13-29-25(32)22(37-26(29)33)9-16-11-28(19-6-4-3-5-18(16)19)12-23(30)27-17-7-8-20-21(10-17)35-14-34-20/h3-11,15H,12-14H2,1-2H3,(H,27,30)/b22-9+. The molecular formula is C26H23N3O7S. The van der Waals surface area contributed by atoms with Crippen molar-refractivity contribution in [2.24, 2.45) is 0 Å². The summed E-state index contributed by atoms with van der Waals surface area (Å²) >= 11 is 0.761. The number of para-hydroxylation sites is 1. The summed E-state index contributed by atoms with van der Waals surface area (Å²) in [5, 5.41) is 3.12. The zero-order valence-corrected chi connectivity index (χ0v) is 20.9. The lowest BCUT2D eigenvalue weighted by Gasteiger charge is -2.13. The first kappa shape index (κ1) is 24.4. The van der Waals surface area contributed by atoms with Gasteiger partial charge in [0, 0.05) is 34.4 Å². The fourth-order valence-corrected chi connectivity index (χ4v) is 4.89. The number of benzene rings is 2. The smallest absolute Gasteiger partial charge is 0.326 e. The Bertz CT molecular complexity index is 1460. The number of hydrogen-bond donors (Lipinski definition) is 1. The molecule has 0 saturated carbocycles. The number of nitrogens with zero attached hydrogens (tertiary/aromatic N) is 2. The highest BCUT2D eigenvalue weighted by atomic mass is 32.2. The molecule has 10 nitrogen and oxygen atoms in total. The minimum Gasteiger partial charge on any atom is -0.462 e. The fraction of sp³-hybridized carbons (Fsp3) is 0.231. The van der Waals surface area contributed by atoms with Crippen LogP contribution in [0.15, 0.2) is 53.6 Å². The van der Waals surface area contributed by atoms with E-state index in [0.29, 0.717) is 22.7 Å². The predicted molar refractivity (Wildman–Crippen MR) is 137 cm³/mol. The van der Waals surface area contributed by atoms with Gasteiger partial charge in [-0.25, -0.2) is 0 Å². The molecule has 2 aromatic carbocycles. The van der Waals surface area contributed by atoms with Crippen LogP contribution in [0.2, 0.25) is 0 Å². The van der Waals surface area contributed by atoms with E-state index in [4.69, 9.17) is 14.2 Å². The van der Waals surface area contributed by atoms with Crippen LogP contribution >= 0.6 is 11.8 Å².